The van der Waals surface area contributed by atoms with Gasteiger partial charge in [0.1, 0.15) is 11.8 Å². The summed E-state index contributed by atoms with van der Waals surface area (Å²) >= 11 is 5.98. The molecule has 0 bridgehead atoms. The van der Waals surface area contributed by atoms with Gasteiger partial charge in [0.05, 0.1) is 17.3 Å². The molecule has 0 spiro atoms. The summed E-state index contributed by atoms with van der Waals surface area (Å²) in [6.07, 6.45) is 0.849. The van der Waals surface area contributed by atoms with Gasteiger partial charge in [-0.1, -0.05) is 30.7 Å². The van der Waals surface area contributed by atoms with Gasteiger partial charge in [0, 0.05) is 5.02 Å². The molecular formula is C16H15ClN2O. The molecule has 0 radical (unpaired) electrons. The van der Waals surface area contributed by atoms with Crippen LogP contribution in [0.25, 0.3) is 0 Å². The van der Waals surface area contributed by atoms with E-state index in [0.29, 0.717) is 10.6 Å². The minimum absolute atomic E-state index is 0.0566. The number of rotatable bonds is 4. The molecule has 0 saturated carbocycles. The van der Waals surface area contributed by atoms with Crippen LogP contribution in [0.5, 0.6) is 5.75 Å². The lowest BCUT2D eigenvalue weighted by molar-refractivity contribution is 0.475. The number of nitrogens with zero attached hydrogens (tertiary/aromatic N) is 1. The Labute approximate surface area is 123 Å². The van der Waals surface area contributed by atoms with E-state index in [2.05, 4.69) is 18.3 Å². The van der Waals surface area contributed by atoms with Crippen LogP contribution >= 0.6 is 11.6 Å². The zero-order chi connectivity index (χ0) is 14.5. The molecule has 2 rings (SSSR count). The summed E-state index contributed by atoms with van der Waals surface area (Å²) < 4.78 is 0. The molecule has 102 valence electrons. The summed E-state index contributed by atoms with van der Waals surface area (Å²) in [4.78, 5) is 0. The van der Waals surface area contributed by atoms with E-state index >= 15 is 0 Å². The molecule has 0 aliphatic heterocycles. The highest BCUT2D eigenvalue weighted by Gasteiger charge is 2.12. The van der Waals surface area contributed by atoms with Crippen molar-refractivity contribution < 1.29 is 5.11 Å². The minimum atomic E-state index is 0.0566. The quantitative estimate of drug-likeness (QED) is 0.871. The van der Waals surface area contributed by atoms with Crippen molar-refractivity contribution in [3.8, 4) is 11.8 Å². The fourth-order valence-electron chi connectivity index (χ4n) is 2.05. The van der Waals surface area contributed by atoms with Gasteiger partial charge in [0.25, 0.3) is 0 Å². The maximum atomic E-state index is 9.34. The van der Waals surface area contributed by atoms with Gasteiger partial charge in [0.2, 0.25) is 0 Å². The Morgan fingerprint density at radius 2 is 1.95 bits per heavy atom. The second-order valence-electron chi connectivity index (χ2n) is 4.50. The number of hydrogen-bond acceptors (Lipinski definition) is 3. The lowest BCUT2D eigenvalue weighted by Gasteiger charge is -2.20. The Balaban J connectivity index is 2.29. The maximum absolute atomic E-state index is 9.34. The topological polar surface area (TPSA) is 56.0 Å². The highest BCUT2D eigenvalue weighted by molar-refractivity contribution is 6.30. The summed E-state index contributed by atoms with van der Waals surface area (Å²) in [6.45, 7) is 2.06. The van der Waals surface area contributed by atoms with Gasteiger partial charge in [0.15, 0.2) is 0 Å². The first kappa shape index (κ1) is 14.2. The van der Waals surface area contributed by atoms with Crippen molar-refractivity contribution in [2.24, 2.45) is 0 Å². The highest BCUT2D eigenvalue weighted by Crippen LogP contribution is 2.27. The first-order valence-electron chi connectivity index (χ1n) is 6.39. The largest absolute Gasteiger partial charge is 0.508 e. The molecular weight excluding hydrogens is 272 g/mol. The second kappa shape index (κ2) is 6.31. The molecule has 3 nitrogen and oxygen atoms in total. The molecule has 20 heavy (non-hydrogen) atoms. The molecule has 1 unspecified atom stereocenters. The normalized spacial score (nSPS) is 11.7. The van der Waals surface area contributed by atoms with Crippen molar-refractivity contribution in [2.45, 2.75) is 19.4 Å². The Morgan fingerprint density at radius 1 is 1.25 bits per heavy atom. The number of halogens is 1. The predicted octanol–water partition coefficient (Wildman–Crippen LogP) is 4.48. The average molecular weight is 287 g/mol. The van der Waals surface area contributed by atoms with Crippen LogP contribution in [-0.2, 0) is 0 Å². The molecule has 1 atom stereocenters. The minimum Gasteiger partial charge on any atom is -0.508 e. The van der Waals surface area contributed by atoms with Gasteiger partial charge >= 0.3 is 0 Å². The molecule has 0 amide bonds. The van der Waals surface area contributed by atoms with Gasteiger partial charge < -0.3 is 10.4 Å². The number of hydrogen-bond donors (Lipinski definition) is 2. The summed E-state index contributed by atoms with van der Waals surface area (Å²) in [5.41, 5.74) is 2.33. The van der Waals surface area contributed by atoms with Crippen LogP contribution < -0.4 is 5.32 Å². The van der Waals surface area contributed by atoms with Crippen LogP contribution in [0.4, 0.5) is 5.69 Å². The average Bonchev–Trinajstić information content (AvgIpc) is 2.46. The van der Waals surface area contributed by atoms with Crippen molar-refractivity contribution >= 4 is 17.3 Å². The molecule has 2 N–H and O–H groups in total. The lowest BCUT2D eigenvalue weighted by Crippen LogP contribution is -2.10. The van der Waals surface area contributed by atoms with Crippen LogP contribution in [0.2, 0.25) is 5.02 Å². The zero-order valence-electron chi connectivity index (χ0n) is 11.1. The Hall–Kier alpha value is -2.18. The smallest absolute Gasteiger partial charge is 0.115 e. The molecule has 4 heteroatoms. The van der Waals surface area contributed by atoms with Crippen molar-refractivity contribution in [3.05, 3.63) is 58.6 Å². The van der Waals surface area contributed by atoms with Crippen LogP contribution in [-0.4, -0.2) is 5.11 Å². The zero-order valence-corrected chi connectivity index (χ0v) is 11.9. The van der Waals surface area contributed by atoms with E-state index in [4.69, 9.17) is 16.9 Å². The van der Waals surface area contributed by atoms with E-state index in [1.54, 1.807) is 30.3 Å². The Bertz CT molecular complexity index is 632. The molecule has 0 fully saturated rings. The van der Waals surface area contributed by atoms with E-state index in [0.717, 1.165) is 17.7 Å². The molecule has 0 aromatic heterocycles. The molecule has 2 aromatic rings. The monoisotopic (exact) mass is 286 g/mol. The number of phenols is 1. The summed E-state index contributed by atoms with van der Waals surface area (Å²) in [7, 11) is 0. The van der Waals surface area contributed by atoms with Gasteiger partial charge in [-0.3, -0.25) is 0 Å². The van der Waals surface area contributed by atoms with Crippen LogP contribution in [0.1, 0.15) is 30.5 Å². The SMILES string of the molecule is CCC(Nc1cc(Cl)ccc1C#N)c1ccc(O)cc1. The van der Waals surface area contributed by atoms with Crippen molar-refractivity contribution in [3.63, 3.8) is 0 Å². The number of anilines is 1. The number of nitriles is 1. The molecule has 0 aliphatic carbocycles. The fourth-order valence-corrected chi connectivity index (χ4v) is 2.22. The number of aromatic hydroxyl groups is 1. The van der Waals surface area contributed by atoms with E-state index in [-0.39, 0.29) is 11.8 Å². The Morgan fingerprint density at radius 3 is 2.55 bits per heavy atom. The molecule has 2 aromatic carbocycles. The number of phenolic OH excluding ortho intramolecular Hbond substituents is 1. The fraction of sp³-hybridized carbons (Fsp3) is 0.188. The van der Waals surface area contributed by atoms with Crippen molar-refractivity contribution in [2.75, 3.05) is 5.32 Å². The van der Waals surface area contributed by atoms with Gasteiger partial charge in [-0.25, -0.2) is 0 Å². The van der Waals surface area contributed by atoms with Crippen LogP contribution in [0.3, 0.4) is 0 Å². The summed E-state index contributed by atoms with van der Waals surface area (Å²) in [5, 5.41) is 22.4. The van der Waals surface area contributed by atoms with E-state index in [1.807, 2.05) is 12.1 Å². The second-order valence-corrected chi connectivity index (χ2v) is 4.93. The summed E-state index contributed by atoms with van der Waals surface area (Å²) in [6, 6.07) is 14.4. The van der Waals surface area contributed by atoms with Crippen LogP contribution in [0.15, 0.2) is 42.5 Å². The Kier molecular flexibility index (Phi) is 4.49. The number of nitrogens with one attached hydrogen (secondary N) is 1. The van der Waals surface area contributed by atoms with E-state index in [9.17, 15) is 5.11 Å². The number of benzene rings is 2. The van der Waals surface area contributed by atoms with Gasteiger partial charge in [-0.2, -0.15) is 5.26 Å². The highest BCUT2D eigenvalue weighted by atomic mass is 35.5. The lowest BCUT2D eigenvalue weighted by atomic mass is 10.0. The van der Waals surface area contributed by atoms with Gasteiger partial charge in [-0.05, 0) is 42.3 Å². The van der Waals surface area contributed by atoms with E-state index in [1.165, 1.54) is 0 Å². The molecule has 0 heterocycles. The third kappa shape index (κ3) is 3.23. The maximum Gasteiger partial charge on any atom is 0.115 e. The van der Waals surface area contributed by atoms with Crippen molar-refractivity contribution in [1.82, 2.24) is 0 Å². The first-order chi connectivity index (χ1) is 9.63. The third-order valence-electron chi connectivity index (χ3n) is 3.14. The standard InChI is InChI=1S/C16H15ClN2O/c1-2-15(11-4-7-14(20)8-5-11)19-16-9-13(17)6-3-12(16)10-18/h3-9,15,19-20H,2H2,1H3. The van der Waals surface area contributed by atoms with Crippen LogP contribution in [0, 0.1) is 11.3 Å². The van der Waals surface area contributed by atoms with Gasteiger partial charge in [-0.15, -0.1) is 0 Å². The third-order valence-corrected chi connectivity index (χ3v) is 3.37. The first-order valence-corrected chi connectivity index (χ1v) is 6.77. The molecule has 0 aliphatic rings. The molecule has 0 saturated heterocycles. The summed E-state index contributed by atoms with van der Waals surface area (Å²) in [5.74, 6) is 0.240. The van der Waals surface area contributed by atoms with E-state index < -0.39 is 0 Å². The van der Waals surface area contributed by atoms with Crippen molar-refractivity contribution in [1.29, 1.82) is 5.26 Å². The predicted molar refractivity (Wildman–Crippen MR) is 80.9 cm³/mol.